The summed E-state index contributed by atoms with van der Waals surface area (Å²) in [5.74, 6) is -4.32. The van der Waals surface area contributed by atoms with Gasteiger partial charge in [0.15, 0.2) is 5.75 Å². The Morgan fingerprint density at radius 1 is 1.23 bits per heavy atom. The fraction of sp³-hybridized carbons (Fsp3) is 0.316. The van der Waals surface area contributed by atoms with Crippen LogP contribution < -0.4 is 15.2 Å². The van der Waals surface area contributed by atoms with Crippen LogP contribution in [0.2, 0.25) is 0 Å². The van der Waals surface area contributed by atoms with Crippen LogP contribution in [0, 0.1) is 5.82 Å². The first-order valence-corrected chi connectivity index (χ1v) is 10.8. The molecule has 0 spiro atoms. The van der Waals surface area contributed by atoms with E-state index in [-0.39, 0.29) is 35.2 Å². The summed E-state index contributed by atoms with van der Waals surface area (Å²) in [5.41, 5.74) is 4.58. The largest absolute Gasteiger partial charge is 0.491 e. The average molecular weight is 440 g/mol. The van der Waals surface area contributed by atoms with Crippen LogP contribution in [0.1, 0.15) is 43.5 Å². The van der Waals surface area contributed by atoms with E-state index in [0.29, 0.717) is 4.90 Å². The van der Waals surface area contributed by atoms with Crippen molar-refractivity contribution in [3.05, 3.63) is 46.9 Å². The predicted molar refractivity (Wildman–Crippen MR) is 106 cm³/mol. The van der Waals surface area contributed by atoms with Crippen LogP contribution in [-0.4, -0.2) is 55.8 Å². The van der Waals surface area contributed by atoms with E-state index in [1.807, 2.05) is 0 Å². The lowest BCUT2D eigenvalue weighted by atomic mass is 10.1. The van der Waals surface area contributed by atoms with Crippen LogP contribution in [0.3, 0.4) is 0 Å². The van der Waals surface area contributed by atoms with E-state index < -0.39 is 51.9 Å². The Labute approximate surface area is 176 Å². The van der Waals surface area contributed by atoms with Gasteiger partial charge >= 0.3 is 0 Å². The molecule has 1 aromatic heterocycles. The smallest absolute Gasteiger partial charge is 0.265 e. The summed E-state index contributed by atoms with van der Waals surface area (Å²) in [4.78, 5) is 30.8. The molecule has 1 aliphatic rings. The fourth-order valence-electron chi connectivity index (χ4n) is 3.17. The number of aromatic nitrogens is 1. The normalized spacial score (nSPS) is 16.5. The lowest BCUT2D eigenvalue weighted by Gasteiger charge is -2.25. The molecule has 2 amide bonds. The van der Waals surface area contributed by atoms with Gasteiger partial charge in [0.2, 0.25) is 0 Å². The summed E-state index contributed by atoms with van der Waals surface area (Å²) in [5, 5.41) is 0. The first-order valence-electron chi connectivity index (χ1n) is 10.2. The van der Waals surface area contributed by atoms with Gasteiger partial charge in [-0.25, -0.2) is 17.8 Å². The number of anilines is 1. The van der Waals surface area contributed by atoms with Crippen molar-refractivity contribution in [2.75, 3.05) is 31.4 Å². The van der Waals surface area contributed by atoms with E-state index in [1.165, 1.54) is 12.1 Å². The summed E-state index contributed by atoms with van der Waals surface area (Å²) in [6.07, 6.45) is 0.892. The predicted octanol–water partition coefficient (Wildman–Crippen LogP) is 1.59. The Bertz CT molecular complexity index is 1200. The number of amides is 2. The summed E-state index contributed by atoms with van der Waals surface area (Å²) in [6, 6.07) is 2.94. The van der Waals surface area contributed by atoms with Crippen molar-refractivity contribution in [3.63, 3.8) is 0 Å². The Morgan fingerprint density at radius 3 is 2.53 bits per heavy atom. The first kappa shape index (κ1) is 17.6. The van der Waals surface area contributed by atoms with Gasteiger partial charge in [0.05, 0.1) is 46.4 Å². The zero-order chi connectivity index (χ0) is 24.7. The third-order valence-electron chi connectivity index (χ3n) is 4.40. The molecule has 2 aromatic rings. The van der Waals surface area contributed by atoms with Crippen molar-refractivity contribution < 1.29 is 36.0 Å². The minimum Gasteiger partial charge on any atom is -0.491 e. The standard InChI is InChI=1S/C19H20FN3O6S/c1-4-29-17-14(28-2)8-7-12(22-17)13(9-30(3,26)27)23-18(24)15-10(20)5-6-11(21)16(15)19(23)25/h5-8,13H,4,9,21H2,1-3H3/i2D3. The molecule has 3 rings (SSSR count). The zero-order valence-electron chi connectivity index (χ0n) is 19.0. The van der Waals surface area contributed by atoms with Crippen LogP contribution >= 0.6 is 0 Å². The summed E-state index contributed by atoms with van der Waals surface area (Å²) in [7, 11) is -6.62. The lowest BCUT2D eigenvalue weighted by molar-refractivity contribution is 0.0593. The van der Waals surface area contributed by atoms with Crippen molar-refractivity contribution in [3.8, 4) is 11.6 Å². The number of nitrogens with two attached hydrogens (primary N) is 1. The van der Waals surface area contributed by atoms with E-state index in [9.17, 15) is 22.4 Å². The maximum atomic E-state index is 14.4. The van der Waals surface area contributed by atoms with Crippen LogP contribution in [0.25, 0.3) is 0 Å². The van der Waals surface area contributed by atoms with Gasteiger partial charge < -0.3 is 15.2 Å². The van der Waals surface area contributed by atoms with Gasteiger partial charge in [0.25, 0.3) is 17.7 Å². The van der Waals surface area contributed by atoms with E-state index in [4.69, 9.17) is 19.3 Å². The molecule has 1 aromatic carbocycles. The number of methoxy groups -OCH3 is 1. The second-order valence-electron chi connectivity index (χ2n) is 6.55. The maximum Gasteiger partial charge on any atom is 0.265 e. The van der Waals surface area contributed by atoms with Crippen molar-refractivity contribution in [1.29, 1.82) is 0 Å². The highest BCUT2D eigenvalue weighted by molar-refractivity contribution is 7.90. The van der Waals surface area contributed by atoms with E-state index >= 15 is 0 Å². The van der Waals surface area contributed by atoms with E-state index in [1.54, 1.807) is 6.92 Å². The van der Waals surface area contributed by atoms with Crippen LogP contribution in [0.15, 0.2) is 24.3 Å². The lowest BCUT2D eigenvalue weighted by Crippen LogP contribution is -2.38. The second kappa shape index (κ2) is 7.90. The topological polar surface area (TPSA) is 129 Å². The van der Waals surface area contributed by atoms with Gasteiger partial charge in [-0.1, -0.05) is 0 Å². The Morgan fingerprint density at radius 2 is 1.93 bits per heavy atom. The molecular weight excluding hydrogens is 417 g/mol. The van der Waals surface area contributed by atoms with Crippen molar-refractivity contribution in [2.45, 2.75) is 13.0 Å². The van der Waals surface area contributed by atoms with Gasteiger partial charge in [-0.05, 0) is 31.2 Å². The molecule has 1 unspecified atom stereocenters. The Hall–Kier alpha value is -3.21. The first-order chi connectivity index (χ1) is 15.2. The molecule has 0 saturated heterocycles. The Kier molecular flexibility index (Phi) is 4.64. The molecule has 0 radical (unpaired) electrons. The SMILES string of the molecule is [2H]C([2H])([2H])Oc1ccc(C(CS(C)(=O)=O)N2C(=O)c3c(N)ccc(F)c3C2=O)nc1OCC. The van der Waals surface area contributed by atoms with E-state index in [0.717, 1.165) is 18.4 Å². The minimum atomic E-state index is -3.80. The van der Waals surface area contributed by atoms with Gasteiger partial charge in [-0.2, -0.15) is 0 Å². The number of pyridine rings is 1. The van der Waals surface area contributed by atoms with E-state index in [2.05, 4.69) is 4.98 Å². The maximum absolute atomic E-state index is 14.4. The molecule has 0 bridgehead atoms. The number of halogens is 1. The number of rotatable bonds is 7. The third kappa shape index (κ3) is 3.80. The number of fused-ring (bicyclic) bond motifs is 1. The van der Waals surface area contributed by atoms with Crippen LogP contribution in [0.5, 0.6) is 11.6 Å². The molecule has 30 heavy (non-hydrogen) atoms. The molecule has 2 N–H and O–H groups in total. The average Bonchev–Trinajstić information content (AvgIpc) is 2.94. The number of sulfone groups is 1. The molecule has 0 fully saturated rings. The zero-order valence-corrected chi connectivity index (χ0v) is 16.8. The number of hydrogen-bond donors (Lipinski definition) is 1. The number of nitrogens with zero attached hydrogens (tertiary/aromatic N) is 2. The monoisotopic (exact) mass is 440 g/mol. The highest BCUT2D eigenvalue weighted by Gasteiger charge is 2.45. The number of hydrogen-bond acceptors (Lipinski definition) is 8. The van der Waals surface area contributed by atoms with Gasteiger partial charge in [-0.3, -0.25) is 14.5 Å². The molecule has 2 heterocycles. The molecule has 9 nitrogen and oxygen atoms in total. The molecule has 1 aliphatic heterocycles. The molecule has 0 saturated carbocycles. The minimum absolute atomic E-state index is 0.0549. The number of benzene rings is 1. The fourth-order valence-corrected chi connectivity index (χ4v) is 4.07. The number of nitrogen functional groups attached to an aromatic ring is 1. The molecule has 1 atom stereocenters. The van der Waals surface area contributed by atoms with Crippen molar-refractivity contribution in [1.82, 2.24) is 9.88 Å². The third-order valence-corrected chi connectivity index (χ3v) is 5.32. The number of carbonyl (C=O) groups excluding carboxylic acids is 2. The molecular formula is C19H20FN3O6S. The highest BCUT2D eigenvalue weighted by atomic mass is 32.2. The van der Waals surface area contributed by atoms with Gasteiger partial charge in [-0.15, -0.1) is 0 Å². The summed E-state index contributed by atoms with van der Waals surface area (Å²) in [6.45, 7) is 1.65. The highest BCUT2D eigenvalue weighted by Crippen LogP contribution is 2.37. The molecule has 160 valence electrons. The Balaban J connectivity index is 2.14. The number of ether oxygens (including phenoxy) is 2. The number of carbonyl (C=O) groups is 2. The summed E-state index contributed by atoms with van der Waals surface area (Å²) < 4.78 is 70.6. The quantitative estimate of drug-likeness (QED) is 0.508. The van der Waals surface area contributed by atoms with Crippen LogP contribution in [0.4, 0.5) is 10.1 Å². The molecule has 11 heteroatoms. The van der Waals surface area contributed by atoms with Gasteiger partial charge in [0.1, 0.15) is 15.7 Å². The van der Waals surface area contributed by atoms with Crippen LogP contribution in [-0.2, 0) is 9.84 Å². The van der Waals surface area contributed by atoms with Gasteiger partial charge in [0, 0.05) is 11.9 Å². The summed E-state index contributed by atoms with van der Waals surface area (Å²) >= 11 is 0. The van der Waals surface area contributed by atoms with Crippen molar-refractivity contribution >= 4 is 27.3 Å². The molecule has 0 aliphatic carbocycles. The number of imide groups is 1. The van der Waals surface area contributed by atoms with Crippen molar-refractivity contribution in [2.24, 2.45) is 0 Å². The second-order valence-corrected chi connectivity index (χ2v) is 8.73.